The van der Waals surface area contributed by atoms with Crippen LogP contribution in [0.15, 0.2) is 54.6 Å². The molecule has 3 heterocycles. The molecule has 1 aromatic heterocycles. The number of pyridine rings is 1. The summed E-state index contributed by atoms with van der Waals surface area (Å²) in [6, 6.07) is 9.05. The van der Waals surface area contributed by atoms with Crippen LogP contribution >= 0.6 is 0 Å². The lowest BCUT2D eigenvalue weighted by Crippen LogP contribution is -2.59. The molecule has 7 atom stereocenters. The smallest absolute Gasteiger partial charge is 0.405 e. The highest BCUT2D eigenvalue weighted by Crippen LogP contribution is 2.46. The quantitative estimate of drug-likeness (QED) is 0.193. The number of halogens is 1. The summed E-state index contributed by atoms with van der Waals surface area (Å²) in [5.74, 6) is -2.91. The number of benzene rings is 2. The van der Waals surface area contributed by atoms with E-state index in [4.69, 9.17) is 19.2 Å². The van der Waals surface area contributed by atoms with Gasteiger partial charge in [-0.1, -0.05) is 26.0 Å². The molecule has 322 valence electrons. The van der Waals surface area contributed by atoms with Crippen LogP contribution in [0.5, 0.6) is 17.4 Å². The number of carboxylic acid groups (broad SMARTS) is 1. The molecule has 4 N–H and O–H groups in total. The van der Waals surface area contributed by atoms with Gasteiger partial charge in [-0.3, -0.25) is 19.1 Å². The molecule has 0 radical (unpaired) electrons. The fraction of sp³-hybridized carbons (Fsp3) is 0.512. The predicted molar refractivity (Wildman–Crippen MR) is 219 cm³/mol. The van der Waals surface area contributed by atoms with Crippen LogP contribution in [0.1, 0.15) is 72.6 Å². The monoisotopic (exact) mass is 849 g/mol. The second-order valence-electron chi connectivity index (χ2n) is 16.9. The third-order valence-electron chi connectivity index (χ3n) is 11.8. The number of sulfonamides is 1. The maximum atomic E-state index is 15.2. The van der Waals surface area contributed by atoms with Gasteiger partial charge in [0.1, 0.15) is 29.5 Å². The topological polar surface area (TPSA) is 203 Å². The summed E-state index contributed by atoms with van der Waals surface area (Å²) in [6.07, 6.45) is 3.98. The summed E-state index contributed by atoms with van der Waals surface area (Å²) < 4.78 is 60.9. The van der Waals surface area contributed by atoms with Gasteiger partial charge in [-0.05, 0) is 112 Å². The van der Waals surface area contributed by atoms with Crippen LogP contribution in [-0.4, -0.2) is 96.0 Å². The van der Waals surface area contributed by atoms with Crippen molar-refractivity contribution < 1.29 is 51.3 Å². The van der Waals surface area contributed by atoms with Crippen LogP contribution in [0, 0.1) is 23.6 Å². The van der Waals surface area contributed by atoms with Crippen LogP contribution in [0.3, 0.4) is 0 Å². The number of allylic oxidation sites excluding steroid dienone is 1. The highest BCUT2D eigenvalue weighted by atomic mass is 32.2. The molecular formula is C43H52FN5O10S. The molecule has 7 rings (SSSR count). The van der Waals surface area contributed by atoms with E-state index in [0.29, 0.717) is 59.9 Å². The molecule has 2 saturated carbocycles. The maximum Gasteiger partial charge on any atom is 0.405 e. The van der Waals surface area contributed by atoms with Gasteiger partial charge in [-0.15, -0.1) is 0 Å². The van der Waals surface area contributed by atoms with E-state index in [-0.39, 0.29) is 43.0 Å². The van der Waals surface area contributed by atoms with Crippen molar-refractivity contribution in [3.63, 3.8) is 0 Å². The summed E-state index contributed by atoms with van der Waals surface area (Å²) in [4.78, 5) is 61.1. The molecule has 60 heavy (non-hydrogen) atoms. The number of rotatable bonds is 10. The molecule has 3 aromatic rings. The second-order valence-corrected chi connectivity index (χ2v) is 18.9. The zero-order valence-corrected chi connectivity index (χ0v) is 35.1. The lowest BCUT2D eigenvalue weighted by molar-refractivity contribution is -0.142. The minimum atomic E-state index is -3.95. The number of aromatic nitrogens is 1. The molecule has 2 aromatic carbocycles. The van der Waals surface area contributed by atoms with Crippen LogP contribution in [-0.2, 0) is 24.4 Å². The number of fused-ring (bicyclic) bond motifs is 3. The van der Waals surface area contributed by atoms with E-state index in [0.717, 1.165) is 0 Å². The van der Waals surface area contributed by atoms with Crippen molar-refractivity contribution in [2.45, 2.75) is 108 Å². The van der Waals surface area contributed by atoms with Gasteiger partial charge in [-0.25, -0.2) is 22.6 Å². The Labute approximate surface area is 348 Å². The van der Waals surface area contributed by atoms with E-state index in [9.17, 15) is 32.7 Å². The van der Waals surface area contributed by atoms with Gasteiger partial charge >= 0.3 is 6.09 Å². The molecule has 3 fully saturated rings. The van der Waals surface area contributed by atoms with E-state index < -0.39 is 80.5 Å². The summed E-state index contributed by atoms with van der Waals surface area (Å²) >= 11 is 0. The third kappa shape index (κ3) is 9.15. The average Bonchev–Trinajstić information content (AvgIpc) is 4.12. The number of amides is 4. The Morgan fingerprint density at radius 3 is 2.52 bits per heavy atom. The Balaban J connectivity index is 1.25. The first-order valence-corrected chi connectivity index (χ1v) is 22.0. The Bertz CT molecular complexity index is 2320. The summed E-state index contributed by atoms with van der Waals surface area (Å²) in [5.41, 5.74) is -0.798. The van der Waals surface area contributed by atoms with Gasteiger partial charge in [0.2, 0.25) is 27.7 Å². The Morgan fingerprint density at radius 2 is 1.83 bits per heavy atom. The number of nitrogens with zero attached hydrogens (tertiary/aromatic N) is 2. The Kier molecular flexibility index (Phi) is 12.0. The molecule has 4 amide bonds. The number of carbonyl (C=O) groups excluding carboxylic acids is 3. The molecular weight excluding hydrogens is 798 g/mol. The van der Waals surface area contributed by atoms with Crippen molar-refractivity contribution in [1.29, 1.82) is 0 Å². The van der Waals surface area contributed by atoms with Gasteiger partial charge in [-0.2, -0.15) is 0 Å². The van der Waals surface area contributed by atoms with E-state index >= 15 is 4.39 Å². The fourth-order valence-electron chi connectivity index (χ4n) is 8.37. The Hall–Kier alpha value is -5.45. The standard InChI is InChI=1S/C43H52FN5O10S/c1-23(2)58-36-15-10-26(18-33(36)44)34-19-27-17-29(57-5)11-14-32(27)39(45-34)59-30-20-35-38(50)47-43(41(52)48-60(55,56)31-12-13-31)21-28(43)9-7-6-8-24(3)16-25(4)37(46-42(53)54)40(51)49(35)22-30/h7,9-11,14-15,17-19,23-25,28,30-31,35,37,46H,6,8,12-13,16,20-22H2,1-5H3,(H,47,50)(H,48,52)(H,53,54)/b9-7-/t24-,25+,28+,30+,35-,37-,43+/m0/s1. The minimum Gasteiger partial charge on any atom is -0.497 e. The number of hydrogen-bond acceptors (Lipinski definition) is 10. The Morgan fingerprint density at radius 1 is 1.07 bits per heavy atom. The van der Waals surface area contributed by atoms with Gasteiger partial charge in [0.15, 0.2) is 11.6 Å². The van der Waals surface area contributed by atoms with Crippen LogP contribution < -0.4 is 29.6 Å². The highest BCUT2D eigenvalue weighted by molar-refractivity contribution is 7.91. The molecule has 0 spiro atoms. The second kappa shape index (κ2) is 16.9. The molecule has 15 nitrogen and oxygen atoms in total. The van der Waals surface area contributed by atoms with Gasteiger partial charge in [0, 0.05) is 23.3 Å². The van der Waals surface area contributed by atoms with Crippen molar-refractivity contribution >= 4 is 44.6 Å². The molecule has 0 bridgehead atoms. The molecule has 4 aliphatic rings. The van der Waals surface area contributed by atoms with Crippen molar-refractivity contribution in [3.8, 4) is 28.6 Å². The van der Waals surface area contributed by atoms with Gasteiger partial charge < -0.3 is 34.9 Å². The molecule has 17 heteroatoms. The summed E-state index contributed by atoms with van der Waals surface area (Å²) in [7, 11) is -2.43. The van der Waals surface area contributed by atoms with E-state index in [1.165, 1.54) is 24.1 Å². The third-order valence-corrected chi connectivity index (χ3v) is 13.6. The van der Waals surface area contributed by atoms with Crippen molar-refractivity contribution in [1.82, 2.24) is 25.2 Å². The van der Waals surface area contributed by atoms with Crippen LogP contribution in [0.4, 0.5) is 9.18 Å². The zero-order chi connectivity index (χ0) is 43.1. The molecule has 0 unspecified atom stereocenters. The van der Waals surface area contributed by atoms with E-state index in [1.807, 2.05) is 19.1 Å². The van der Waals surface area contributed by atoms with Crippen molar-refractivity contribution in [2.75, 3.05) is 13.7 Å². The van der Waals surface area contributed by atoms with Crippen LogP contribution in [0.25, 0.3) is 22.0 Å². The SMILES string of the molecule is COc1ccc2c(O[C@@H]3C[C@H]4C(=O)N[C@]5(C(=O)NS(=O)(=O)C6CC6)C[C@H]5/C=C\CC[C@H](C)C[C@@H](C)[C@H](NC(=O)O)C(=O)N4C3)nc(-c3ccc(OC(C)C)c(F)c3)cc2c1. The summed E-state index contributed by atoms with van der Waals surface area (Å²) in [6.45, 7) is 7.23. The molecule has 2 aliphatic carbocycles. The number of ether oxygens (including phenoxy) is 3. The minimum absolute atomic E-state index is 0.0829. The zero-order valence-electron chi connectivity index (χ0n) is 34.3. The maximum absolute atomic E-state index is 15.2. The normalized spacial score (nSPS) is 27.8. The average molecular weight is 850 g/mol. The lowest BCUT2D eigenvalue weighted by Gasteiger charge is -2.32. The van der Waals surface area contributed by atoms with Crippen LogP contribution in [0.2, 0.25) is 0 Å². The van der Waals surface area contributed by atoms with Gasteiger partial charge in [0.25, 0.3) is 5.91 Å². The first kappa shape index (κ1) is 42.7. The number of hydrogen-bond donors (Lipinski definition) is 4. The number of methoxy groups -OCH3 is 1. The number of nitrogens with one attached hydrogen (secondary N) is 3. The van der Waals surface area contributed by atoms with E-state index in [1.54, 1.807) is 51.1 Å². The molecule has 2 aliphatic heterocycles. The number of carbonyl (C=O) groups is 4. The molecule has 1 saturated heterocycles. The van der Waals surface area contributed by atoms with E-state index in [2.05, 4.69) is 15.4 Å². The summed E-state index contributed by atoms with van der Waals surface area (Å²) in [5, 5.41) is 15.6. The highest BCUT2D eigenvalue weighted by Gasteiger charge is 2.62. The first-order chi connectivity index (χ1) is 28.5. The fourth-order valence-corrected chi connectivity index (χ4v) is 9.73. The van der Waals surface area contributed by atoms with Gasteiger partial charge in [0.05, 0.1) is 30.7 Å². The lowest BCUT2D eigenvalue weighted by atomic mass is 9.88. The predicted octanol–water partition coefficient (Wildman–Crippen LogP) is 5.32. The van der Waals surface area contributed by atoms with Crippen molar-refractivity contribution in [3.05, 3.63) is 60.4 Å². The van der Waals surface area contributed by atoms with Crippen molar-refractivity contribution in [2.24, 2.45) is 17.8 Å². The first-order valence-electron chi connectivity index (χ1n) is 20.4. The largest absolute Gasteiger partial charge is 0.497 e.